The number of halogens is 5. The highest BCUT2D eigenvalue weighted by molar-refractivity contribution is 7.59. The van der Waals surface area contributed by atoms with Crippen LogP contribution in [0.15, 0.2) is 47.0 Å². The van der Waals surface area contributed by atoms with Gasteiger partial charge in [-0.2, -0.15) is 13.8 Å². The predicted molar refractivity (Wildman–Crippen MR) is 102 cm³/mol. The van der Waals surface area contributed by atoms with E-state index in [1.807, 2.05) is 0 Å². The minimum Gasteiger partial charge on any atom is -0.331 e. The zero-order chi connectivity index (χ0) is 21.9. The zero-order valence-electron chi connectivity index (χ0n) is 15.4. The smallest absolute Gasteiger partial charge is 0.331 e. The Balaban J connectivity index is 1.84. The molecule has 0 bridgehead atoms. The van der Waals surface area contributed by atoms with Crippen molar-refractivity contribution in [1.82, 2.24) is 10.1 Å². The fraction of sp³-hybridized carbons (Fsp3) is 0.222. The van der Waals surface area contributed by atoms with E-state index in [2.05, 4.69) is 19.8 Å². The quantitative estimate of drug-likeness (QED) is 0.245. The zero-order valence-corrected chi connectivity index (χ0v) is 17.1. The lowest BCUT2D eigenvalue weighted by Crippen LogP contribution is -2.06. The molecule has 0 aliphatic rings. The van der Waals surface area contributed by atoms with Gasteiger partial charge in [0.25, 0.3) is 7.52 Å². The Morgan fingerprint density at radius 1 is 1.23 bits per heavy atom. The number of anilines is 1. The maximum Gasteiger partial charge on any atom is 0.400 e. The summed E-state index contributed by atoms with van der Waals surface area (Å²) in [7, 11) is -3.64. The third kappa shape index (κ3) is 5.38. The van der Waals surface area contributed by atoms with E-state index in [1.165, 1.54) is 30.3 Å². The summed E-state index contributed by atoms with van der Waals surface area (Å²) in [5.41, 5.74) is 0.285. The summed E-state index contributed by atoms with van der Waals surface area (Å²) in [6, 6.07) is 8.89. The summed E-state index contributed by atoms with van der Waals surface area (Å²) in [4.78, 5) is 3.44. The van der Waals surface area contributed by atoms with Crippen LogP contribution in [0.3, 0.4) is 0 Å². The SMILES string of the molecule is CCOP(=O)(Cc1ccc(-c2noc(C(F)(F)Cl)n2)cc1F)Nc1cccc(F)c1. The van der Waals surface area contributed by atoms with E-state index in [1.54, 1.807) is 6.92 Å². The highest BCUT2D eigenvalue weighted by Gasteiger charge is 2.36. The third-order valence-corrected chi connectivity index (χ3v) is 6.01. The van der Waals surface area contributed by atoms with Crippen molar-refractivity contribution < 1.29 is 31.2 Å². The van der Waals surface area contributed by atoms with Gasteiger partial charge in [-0.1, -0.05) is 23.4 Å². The predicted octanol–water partition coefficient (Wildman–Crippen LogP) is 6.14. The molecule has 1 N–H and O–H groups in total. The first-order chi connectivity index (χ1) is 14.1. The van der Waals surface area contributed by atoms with E-state index in [4.69, 9.17) is 16.1 Å². The van der Waals surface area contributed by atoms with Crippen LogP contribution in [-0.4, -0.2) is 16.7 Å². The van der Waals surface area contributed by atoms with Gasteiger partial charge in [0.05, 0.1) is 12.8 Å². The minimum absolute atomic E-state index is 0.0193. The van der Waals surface area contributed by atoms with Crippen molar-refractivity contribution in [2.45, 2.75) is 18.5 Å². The van der Waals surface area contributed by atoms with Gasteiger partial charge in [-0.15, -0.1) is 0 Å². The van der Waals surface area contributed by atoms with Gasteiger partial charge < -0.3 is 14.1 Å². The Hall–Kier alpha value is -2.42. The average Bonchev–Trinajstić information content (AvgIpc) is 3.14. The van der Waals surface area contributed by atoms with Crippen LogP contribution in [0.2, 0.25) is 0 Å². The van der Waals surface area contributed by atoms with E-state index in [0.29, 0.717) is 0 Å². The van der Waals surface area contributed by atoms with Gasteiger partial charge in [-0.25, -0.2) is 8.78 Å². The number of benzene rings is 2. The lowest BCUT2D eigenvalue weighted by Gasteiger charge is -2.20. The van der Waals surface area contributed by atoms with Crippen molar-refractivity contribution >= 4 is 24.8 Å². The molecule has 0 aliphatic carbocycles. The standard InChI is InChI=1S/C18H15ClF4N3O3P/c1-2-28-30(27,26-14-5-3-4-13(20)9-14)10-12-7-6-11(8-15(12)21)16-24-17(29-25-16)18(19,22)23/h3-9H,2,10H2,1H3,(H,26,27). The van der Waals surface area contributed by atoms with Gasteiger partial charge >= 0.3 is 11.3 Å². The molecule has 0 aliphatic heterocycles. The van der Waals surface area contributed by atoms with Crippen molar-refractivity contribution in [3.63, 3.8) is 0 Å². The fourth-order valence-corrected chi connectivity index (χ4v) is 4.54. The summed E-state index contributed by atoms with van der Waals surface area (Å²) in [6.07, 6.45) is -0.347. The molecular formula is C18H15ClF4N3O3P. The van der Waals surface area contributed by atoms with Crippen LogP contribution < -0.4 is 5.09 Å². The highest BCUT2D eigenvalue weighted by Crippen LogP contribution is 2.50. The van der Waals surface area contributed by atoms with Crippen molar-refractivity contribution in [2.75, 3.05) is 11.7 Å². The largest absolute Gasteiger partial charge is 0.400 e. The number of rotatable bonds is 8. The molecule has 1 aromatic heterocycles. The summed E-state index contributed by atoms with van der Waals surface area (Å²) in [5, 5.41) is 2.12. The van der Waals surface area contributed by atoms with Gasteiger partial charge in [0.2, 0.25) is 5.82 Å². The van der Waals surface area contributed by atoms with E-state index < -0.39 is 30.4 Å². The van der Waals surface area contributed by atoms with Crippen molar-refractivity contribution in [2.24, 2.45) is 0 Å². The average molecular weight is 464 g/mol. The molecule has 160 valence electrons. The monoisotopic (exact) mass is 463 g/mol. The van der Waals surface area contributed by atoms with Crippen LogP contribution in [-0.2, 0) is 20.6 Å². The van der Waals surface area contributed by atoms with Crippen LogP contribution in [0.1, 0.15) is 18.4 Å². The number of alkyl halides is 3. The molecule has 1 heterocycles. The summed E-state index contributed by atoms with van der Waals surface area (Å²) >= 11 is 4.82. The molecule has 3 aromatic rings. The van der Waals surface area contributed by atoms with E-state index in [9.17, 15) is 22.1 Å². The summed E-state index contributed by atoms with van der Waals surface area (Å²) in [6.45, 7) is 1.68. The van der Waals surface area contributed by atoms with Crippen molar-refractivity contribution in [3.05, 3.63) is 65.6 Å². The van der Waals surface area contributed by atoms with E-state index in [-0.39, 0.29) is 35.4 Å². The molecule has 12 heteroatoms. The fourth-order valence-electron chi connectivity index (χ4n) is 2.58. The van der Waals surface area contributed by atoms with Gasteiger partial charge in [0.1, 0.15) is 11.6 Å². The number of hydrogen-bond donors (Lipinski definition) is 1. The molecule has 0 amide bonds. The molecule has 0 fully saturated rings. The molecule has 6 nitrogen and oxygen atoms in total. The maximum atomic E-state index is 14.6. The third-order valence-electron chi connectivity index (χ3n) is 3.82. The lowest BCUT2D eigenvalue weighted by molar-refractivity contribution is 0.0551. The molecule has 0 saturated heterocycles. The summed E-state index contributed by atoms with van der Waals surface area (Å²) < 4.78 is 76.8. The first-order valence-electron chi connectivity index (χ1n) is 8.57. The number of nitrogens with zero attached hydrogens (tertiary/aromatic N) is 2. The van der Waals surface area contributed by atoms with Crippen LogP contribution in [0, 0.1) is 11.6 Å². The number of hydrogen-bond acceptors (Lipinski definition) is 5. The molecule has 0 saturated carbocycles. The minimum atomic E-state index is -3.85. The molecule has 1 unspecified atom stereocenters. The Kier molecular flexibility index (Phi) is 6.50. The Bertz CT molecular complexity index is 1090. The van der Waals surface area contributed by atoms with Crippen molar-refractivity contribution in [1.29, 1.82) is 0 Å². The number of aromatic nitrogens is 2. The second-order valence-corrected chi connectivity index (χ2v) is 8.72. The van der Waals surface area contributed by atoms with Crippen LogP contribution in [0.25, 0.3) is 11.4 Å². The second-order valence-electron chi connectivity index (χ2n) is 6.10. The van der Waals surface area contributed by atoms with Gasteiger partial charge in [0.15, 0.2) is 0 Å². The normalized spacial score (nSPS) is 13.8. The first-order valence-corrected chi connectivity index (χ1v) is 10.8. The number of nitrogens with one attached hydrogen (secondary N) is 1. The van der Waals surface area contributed by atoms with Gasteiger partial charge in [-0.05, 0) is 48.4 Å². The molecule has 2 aromatic carbocycles. The van der Waals surface area contributed by atoms with Gasteiger partial charge in [0, 0.05) is 11.3 Å². The first kappa shape index (κ1) is 22.3. The van der Waals surface area contributed by atoms with Gasteiger partial charge in [-0.3, -0.25) is 4.57 Å². The lowest BCUT2D eigenvalue weighted by atomic mass is 10.1. The topological polar surface area (TPSA) is 77.2 Å². The Morgan fingerprint density at radius 3 is 2.60 bits per heavy atom. The molecule has 1 atom stereocenters. The van der Waals surface area contributed by atoms with Crippen molar-refractivity contribution in [3.8, 4) is 11.4 Å². The van der Waals surface area contributed by atoms with Crippen LogP contribution >= 0.6 is 19.1 Å². The second kappa shape index (κ2) is 8.75. The van der Waals surface area contributed by atoms with Crippen LogP contribution in [0.4, 0.5) is 23.2 Å². The Morgan fingerprint density at radius 2 is 2.00 bits per heavy atom. The Labute approximate surface area is 173 Å². The summed E-state index contributed by atoms with van der Waals surface area (Å²) in [5.74, 6) is -2.75. The molecule has 0 radical (unpaired) electrons. The molecule has 3 rings (SSSR count). The molecule has 30 heavy (non-hydrogen) atoms. The van der Waals surface area contributed by atoms with Crippen LogP contribution in [0.5, 0.6) is 0 Å². The highest BCUT2D eigenvalue weighted by atomic mass is 35.5. The maximum absolute atomic E-state index is 14.6. The van der Waals surface area contributed by atoms with E-state index >= 15 is 0 Å². The van der Waals surface area contributed by atoms with E-state index in [0.717, 1.165) is 12.1 Å². The molecule has 0 spiro atoms. The molecular weight excluding hydrogens is 449 g/mol.